The Morgan fingerprint density at radius 2 is 2.28 bits per heavy atom. The predicted octanol–water partition coefficient (Wildman–Crippen LogP) is -0.480. The fourth-order valence-electron chi connectivity index (χ4n) is 4.57. The second-order valence-electron chi connectivity index (χ2n) is 7.90. The molecule has 154 valence electrons. The van der Waals surface area contributed by atoms with Gasteiger partial charge in [0.1, 0.15) is 11.5 Å². The van der Waals surface area contributed by atoms with Crippen LogP contribution in [0.1, 0.15) is 18.9 Å². The van der Waals surface area contributed by atoms with Crippen LogP contribution in [-0.2, 0) is 16.0 Å². The molecule has 5 N–H and O–H groups in total. The second kappa shape index (κ2) is 7.57. The summed E-state index contributed by atoms with van der Waals surface area (Å²) >= 11 is 0. The van der Waals surface area contributed by atoms with Gasteiger partial charge in [-0.2, -0.15) is 0 Å². The predicted molar refractivity (Wildman–Crippen MR) is 105 cm³/mol. The molecule has 3 aliphatic heterocycles. The van der Waals surface area contributed by atoms with Crippen LogP contribution in [0.5, 0.6) is 0 Å². The van der Waals surface area contributed by atoms with Gasteiger partial charge < -0.3 is 26.2 Å². The van der Waals surface area contributed by atoms with E-state index in [0.29, 0.717) is 31.8 Å². The first-order valence-electron chi connectivity index (χ1n) is 9.78. The number of nitrogens with one attached hydrogen (secondary N) is 1. The van der Waals surface area contributed by atoms with E-state index in [2.05, 4.69) is 15.3 Å². The van der Waals surface area contributed by atoms with E-state index in [4.69, 9.17) is 5.73 Å². The molecule has 2 unspecified atom stereocenters. The van der Waals surface area contributed by atoms with Gasteiger partial charge in [0, 0.05) is 31.4 Å². The number of aliphatic imine (C=N–C) groups is 1. The van der Waals surface area contributed by atoms with E-state index in [1.807, 2.05) is 12.1 Å². The van der Waals surface area contributed by atoms with Crippen molar-refractivity contribution in [1.29, 1.82) is 0 Å². The number of amides is 1. The van der Waals surface area contributed by atoms with Crippen molar-refractivity contribution in [3.05, 3.63) is 41.4 Å². The Morgan fingerprint density at radius 3 is 2.86 bits per heavy atom. The van der Waals surface area contributed by atoms with Crippen molar-refractivity contribution in [3.8, 4) is 0 Å². The number of carboxylic acids is 1. The molecule has 5 atom stereocenters. The Balaban J connectivity index is 1.48. The highest BCUT2D eigenvalue weighted by molar-refractivity contribution is 6.00. The van der Waals surface area contributed by atoms with Crippen LogP contribution in [0, 0.1) is 11.8 Å². The van der Waals surface area contributed by atoms with Crippen molar-refractivity contribution in [1.82, 2.24) is 15.2 Å². The van der Waals surface area contributed by atoms with Gasteiger partial charge in [0.05, 0.1) is 24.1 Å². The van der Waals surface area contributed by atoms with E-state index in [1.165, 1.54) is 4.90 Å². The summed E-state index contributed by atoms with van der Waals surface area (Å²) in [5.41, 5.74) is 8.06. The molecule has 0 aliphatic carbocycles. The van der Waals surface area contributed by atoms with Crippen molar-refractivity contribution < 1.29 is 19.8 Å². The third kappa shape index (κ3) is 3.40. The fraction of sp³-hybridized carbons (Fsp3) is 0.500. The number of nitrogens with zero attached hydrogens (tertiary/aromatic N) is 3. The minimum absolute atomic E-state index is 0.0574. The normalized spacial score (nSPS) is 28.2. The Hall–Kier alpha value is -2.78. The van der Waals surface area contributed by atoms with Crippen LogP contribution in [0.25, 0.3) is 0 Å². The maximum atomic E-state index is 12.3. The number of pyridine rings is 1. The highest BCUT2D eigenvalue weighted by Crippen LogP contribution is 2.45. The number of aliphatic carboxylic acids is 1. The molecule has 9 heteroatoms. The number of aliphatic hydroxyl groups is 1. The Bertz CT molecular complexity index is 882. The van der Waals surface area contributed by atoms with E-state index in [9.17, 15) is 19.8 Å². The standard InChI is InChI=1S/C20H25N5O4/c1-10(26)16-15-6-13(17(20(28)29)25(15)19(16)27)12-8-23-18(24-9-12)14(21)5-11-3-2-4-22-7-11/h2-4,7,10,12,14-16,26H,5-6,8-9,21H2,1H3,(H,23,24)(H,28,29)/t10-,14?,15-,16-/m1/s1. The highest BCUT2D eigenvalue weighted by atomic mass is 16.4. The van der Waals surface area contributed by atoms with Gasteiger partial charge >= 0.3 is 5.97 Å². The van der Waals surface area contributed by atoms with Crippen molar-refractivity contribution in [2.24, 2.45) is 22.6 Å². The summed E-state index contributed by atoms with van der Waals surface area (Å²) in [5.74, 6) is -1.39. The SMILES string of the molecule is C[C@@H](O)[C@H]1C(=O)N2C(C(=O)O)=C(C3CN=C(C(N)Cc4cccnc4)NC3)C[C@H]12. The maximum Gasteiger partial charge on any atom is 0.352 e. The lowest BCUT2D eigenvalue weighted by Gasteiger charge is -2.44. The van der Waals surface area contributed by atoms with E-state index in [1.54, 1.807) is 19.3 Å². The first-order chi connectivity index (χ1) is 13.9. The zero-order chi connectivity index (χ0) is 20.7. The molecular weight excluding hydrogens is 374 g/mol. The molecule has 1 aromatic rings. The quantitative estimate of drug-likeness (QED) is 0.473. The molecular formula is C20H25N5O4. The molecule has 1 saturated heterocycles. The number of hydrogen-bond acceptors (Lipinski definition) is 7. The van der Waals surface area contributed by atoms with E-state index in [-0.39, 0.29) is 29.6 Å². The molecule has 1 fully saturated rings. The lowest BCUT2D eigenvalue weighted by atomic mass is 9.82. The number of nitrogens with two attached hydrogens (primary N) is 1. The summed E-state index contributed by atoms with van der Waals surface area (Å²) in [4.78, 5) is 34.2. The third-order valence-corrected chi connectivity index (χ3v) is 6.00. The minimum atomic E-state index is -1.11. The number of amidine groups is 1. The van der Waals surface area contributed by atoms with Gasteiger partial charge in [-0.25, -0.2) is 4.79 Å². The molecule has 0 saturated carbocycles. The summed E-state index contributed by atoms with van der Waals surface area (Å²) in [5, 5.41) is 22.8. The number of aliphatic hydroxyl groups excluding tert-OH is 1. The Morgan fingerprint density at radius 1 is 1.48 bits per heavy atom. The topological polar surface area (TPSA) is 141 Å². The van der Waals surface area contributed by atoms with E-state index in [0.717, 1.165) is 11.1 Å². The highest BCUT2D eigenvalue weighted by Gasteiger charge is 2.57. The zero-order valence-corrected chi connectivity index (χ0v) is 16.2. The van der Waals surface area contributed by atoms with Gasteiger partial charge in [0.15, 0.2) is 0 Å². The monoisotopic (exact) mass is 399 g/mol. The number of β-lactam (4-membered cyclic amide) rings is 1. The largest absolute Gasteiger partial charge is 0.477 e. The number of carbonyl (C=O) groups is 2. The molecule has 0 aromatic carbocycles. The number of rotatable bonds is 6. The van der Waals surface area contributed by atoms with Crippen LogP contribution in [0.4, 0.5) is 0 Å². The van der Waals surface area contributed by atoms with Gasteiger partial charge in [0.25, 0.3) is 0 Å². The van der Waals surface area contributed by atoms with Crippen LogP contribution in [0.15, 0.2) is 40.8 Å². The molecule has 9 nitrogen and oxygen atoms in total. The van der Waals surface area contributed by atoms with E-state index < -0.39 is 18.0 Å². The summed E-state index contributed by atoms with van der Waals surface area (Å²) in [6.45, 7) is 2.50. The first-order valence-corrected chi connectivity index (χ1v) is 9.78. The lowest BCUT2D eigenvalue weighted by molar-refractivity contribution is -0.161. The van der Waals surface area contributed by atoms with E-state index >= 15 is 0 Å². The van der Waals surface area contributed by atoms with Gasteiger partial charge in [-0.3, -0.25) is 14.8 Å². The number of carbonyl (C=O) groups excluding carboxylic acids is 1. The number of carboxylic acid groups (broad SMARTS) is 1. The second-order valence-corrected chi connectivity index (χ2v) is 7.90. The Kier molecular flexibility index (Phi) is 5.10. The van der Waals surface area contributed by atoms with Gasteiger partial charge in [-0.15, -0.1) is 0 Å². The van der Waals surface area contributed by atoms with Crippen LogP contribution < -0.4 is 11.1 Å². The molecule has 3 aliphatic rings. The van der Waals surface area contributed by atoms with Crippen molar-refractivity contribution in [2.45, 2.75) is 38.0 Å². The minimum Gasteiger partial charge on any atom is -0.477 e. The molecule has 29 heavy (non-hydrogen) atoms. The van der Waals surface area contributed by atoms with Gasteiger partial charge in [-0.05, 0) is 37.0 Å². The van der Waals surface area contributed by atoms with Gasteiger partial charge in [0.2, 0.25) is 5.91 Å². The summed E-state index contributed by atoms with van der Waals surface area (Å²) < 4.78 is 0. The smallest absolute Gasteiger partial charge is 0.352 e. The van der Waals surface area contributed by atoms with Crippen molar-refractivity contribution >= 4 is 17.7 Å². The van der Waals surface area contributed by atoms with Crippen molar-refractivity contribution in [2.75, 3.05) is 13.1 Å². The third-order valence-electron chi connectivity index (χ3n) is 6.00. The molecule has 0 spiro atoms. The number of hydrogen-bond donors (Lipinski definition) is 4. The molecule has 4 rings (SSSR count). The van der Waals surface area contributed by atoms with Crippen molar-refractivity contribution in [3.63, 3.8) is 0 Å². The molecule has 1 amide bonds. The Labute approximate surface area is 168 Å². The molecule has 4 heterocycles. The number of aromatic nitrogens is 1. The summed E-state index contributed by atoms with van der Waals surface area (Å²) in [6, 6.07) is 3.25. The molecule has 0 bridgehead atoms. The molecule has 1 aromatic heterocycles. The number of fused-ring (bicyclic) bond motifs is 1. The summed E-state index contributed by atoms with van der Waals surface area (Å²) in [7, 11) is 0. The molecule has 0 radical (unpaired) electrons. The van der Waals surface area contributed by atoms with Crippen LogP contribution in [0.3, 0.4) is 0 Å². The zero-order valence-electron chi connectivity index (χ0n) is 16.2. The lowest BCUT2D eigenvalue weighted by Crippen LogP contribution is -2.61. The average molecular weight is 399 g/mol. The fourth-order valence-corrected chi connectivity index (χ4v) is 4.57. The van der Waals surface area contributed by atoms with Gasteiger partial charge in [-0.1, -0.05) is 6.07 Å². The maximum absolute atomic E-state index is 12.3. The van der Waals surface area contributed by atoms with Crippen LogP contribution >= 0.6 is 0 Å². The van der Waals surface area contributed by atoms with Crippen LogP contribution in [0.2, 0.25) is 0 Å². The average Bonchev–Trinajstić information content (AvgIpc) is 3.04. The first kappa shape index (κ1) is 19.5. The summed E-state index contributed by atoms with van der Waals surface area (Å²) in [6.07, 6.45) is 3.75. The van der Waals surface area contributed by atoms with Crippen LogP contribution in [-0.4, -0.2) is 69.1 Å².